The van der Waals surface area contributed by atoms with E-state index in [1.807, 2.05) is 0 Å². The van der Waals surface area contributed by atoms with Gasteiger partial charge in [0.25, 0.3) is 0 Å². The molecule has 1 atom stereocenters. The number of phenolic OH excluding ortho intramolecular Hbond substituents is 2. The highest BCUT2D eigenvalue weighted by Crippen LogP contribution is 2.49. The first-order chi connectivity index (χ1) is 9.13. The van der Waals surface area contributed by atoms with Crippen LogP contribution in [0.5, 0.6) is 11.5 Å². The largest absolute Gasteiger partial charge is 0.508 e. The van der Waals surface area contributed by atoms with Crippen LogP contribution in [0.1, 0.15) is 44.2 Å². The molecule has 1 aromatic carbocycles. The van der Waals surface area contributed by atoms with Gasteiger partial charge in [-0.05, 0) is 74.6 Å². The molecule has 3 rings (SSSR count). The topological polar surface area (TPSA) is 52.5 Å². The quantitative estimate of drug-likeness (QED) is 0.737. The summed E-state index contributed by atoms with van der Waals surface area (Å²) in [7, 11) is 0. The summed E-state index contributed by atoms with van der Waals surface area (Å²) in [6, 6.07) is 4.98. The Morgan fingerprint density at radius 1 is 1.05 bits per heavy atom. The molecule has 3 nitrogen and oxygen atoms in total. The fraction of sp³-hybridized carbons (Fsp3) is 0.625. The summed E-state index contributed by atoms with van der Waals surface area (Å²) in [4.78, 5) is 0. The zero-order valence-corrected chi connectivity index (χ0v) is 11.5. The second-order valence-electron chi connectivity index (χ2n) is 6.25. The first-order valence-corrected chi connectivity index (χ1v) is 7.40. The molecule has 1 aromatic rings. The minimum atomic E-state index is 0.129. The van der Waals surface area contributed by atoms with Gasteiger partial charge >= 0.3 is 0 Å². The van der Waals surface area contributed by atoms with Gasteiger partial charge in [0.1, 0.15) is 11.5 Å². The van der Waals surface area contributed by atoms with Crippen LogP contribution in [0.15, 0.2) is 18.2 Å². The fourth-order valence-corrected chi connectivity index (χ4v) is 3.07. The molecule has 0 heterocycles. The Morgan fingerprint density at radius 2 is 1.58 bits per heavy atom. The van der Waals surface area contributed by atoms with Crippen LogP contribution in [0, 0.1) is 17.8 Å². The summed E-state index contributed by atoms with van der Waals surface area (Å²) in [5.41, 5.74) is 0.947. The maximum Gasteiger partial charge on any atom is 0.119 e. The fourth-order valence-electron chi connectivity index (χ4n) is 3.07. The lowest BCUT2D eigenvalue weighted by atomic mass is 9.97. The van der Waals surface area contributed by atoms with Crippen LogP contribution in [0.3, 0.4) is 0 Å². The van der Waals surface area contributed by atoms with Crippen molar-refractivity contribution < 1.29 is 10.2 Å². The van der Waals surface area contributed by atoms with Crippen molar-refractivity contribution >= 4 is 0 Å². The number of nitrogens with one attached hydrogen (secondary N) is 1. The van der Waals surface area contributed by atoms with Crippen molar-refractivity contribution in [2.45, 2.75) is 38.6 Å². The van der Waals surface area contributed by atoms with Gasteiger partial charge < -0.3 is 15.5 Å². The summed E-state index contributed by atoms with van der Waals surface area (Å²) in [5.74, 6) is 3.00. The summed E-state index contributed by atoms with van der Waals surface area (Å²) < 4.78 is 0. The van der Waals surface area contributed by atoms with Crippen molar-refractivity contribution in [3.63, 3.8) is 0 Å². The lowest BCUT2D eigenvalue weighted by Gasteiger charge is -2.21. The van der Waals surface area contributed by atoms with Crippen LogP contribution in [0.25, 0.3) is 0 Å². The molecule has 3 heteroatoms. The molecule has 0 amide bonds. The van der Waals surface area contributed by atoms with Crippen LogP contribution in [0.2, 0.25) is 0 Å². The first kappa shape index (κ1) is 12.8. The van der Waals surface area contributed by atoms with E-state index in [4.69, 9.17) is 0 Å². The summed E-state index contributed by atoms with van der Waals surface area (Å²) in [6.07, 6.45) is 5.63. The van der Waals surface area contributed by atoms with E-state index in [-0.39, 0.29) is 17.5 Å². The normalized spacial score (nSPS) is 20.7. The zero-order valence-electron chi connectivity index (χ0n) is 11.5. The molecule has 0 radical (unpaired) electrons. The van der Waals surface area contributed by atoms with Gasteiger partial charge in [-0.3, -0.25) is 0 Å². The molecular formula is C16H23NO2. The Morgan fingerprint density at radius 3 is 2.05 bits per heavy atom. The number of hydrogen-bond donors (Lipinski definition) is 3. The third-order valence-corrected chi connectivity index (χ3v) is 4.54. The SMILES string of the molecule is CC(NCC(C1CC1)C1CC1)c1cc(O)cc(O)c1. The Hall–Kier alpha value is -1.22. The molecule has 1 unspecified atom stereocenters. The highest BCUT2D eigenvalue weighted by molar-refractivity contribution is 5.37. The van der Waals surface area contributed by atoms with E-state index in [0.29, 0.717) is 0 Å². The lowest BCUT2D eigenvalue weighted by Crippen LogP contribution is -2.28. The van der Waals surface area contributed by atoms with Crippen molar-refractivity contribution in [1.82, 2.24) is 5.32 Å². The minimum absolute atomic E-state index is 0.129. The zero-order chi connectivity index (χ0) is 13.4. The predicted molar refractivity (Wildman–Crippen MR) is 75.1 cm³/mol. The van der Waals surface area contributed by atoms with E-state index in [1.165, 1.54) is 31.7 Å². The number of rotatable bonds is 6. The van der Waals surface area contributed by atoms with Crippen molar-refractivity contribution in [2.24, 2.45) is 17.8 Å². The first-order valence-electron chi connectivity index (χ1n) is 7.40. The Balaban J connectivity index is 1.59. The molecule has 2 aliphatic carbocycles. The van der Waals surface area contributed by atoms with E-state index >= 15 is 0 Å². The van der Waals surface area contributed by atoms with Gasteiger partial charge in [0.2, 0.25) is 0 Å². The monoisotopic (exact) mass is 261 g/mol. The molecule has 2 saturated carbocycles. The van der Waals surface area contributed by atoms with Gasteiger partial charge in [-0.2, -0.15) is 0 Å². The maximum absolute atomic E-state index is 9.53. The molecule has 0 aliphatic heterocycles. The summed E-state index contributed by atoms with van der Waals surface area (Å²) >= 11 is 0. The second kappa shape index (κ2) is 5.04. The van der Waals surface area contributed by atoms with Crippen molar-refractivity contribution in [3.8, 4) is 11.5 Å². The third kappa shape index (κ3) is 3.21. The number of benzene rings is 1. The van der Waals surface area contributed by atoms with Gasteiger partial charge in [0.05, 0.1) is 0 Å². The van der Waals surface area contributed by atoms with Crippen LogP contribution < -0.4 is 5.32 Å². The molecule has 19 heavy (non-hydrogen) atoms. The standard InChI is InChI=1S/C16H23NO2/c1-10(13-6-14(18)8-15(19)7-13)17-9-16(11-2-3-11)12-4-5-12/h6-8,10-12,16-19H,2-5,9H2,1H3. The van der Waals surface area contributed by atoms with Crippen LogP contribution in [0.4, 0.5) is 0 Å². The van der Waals surface area contributed by atoms with E-state index in [9.17, 15) is 10.2 Å². The molecular weight excluding hydrogens is 238 g/mol. The second-order valence-corrected chi connectivity index (χ2v) is 6.25. The molecule has 2 aliphatic rings. The van der Waals surface area contributed by atoms with Crippen LogP contribution in [-0.2, 0) is 0 Å². The average molecular weight is 261 g/mol. The van der Waals surface area contributed by atoms with Crippen LogP contribution in [-0.4, -0.2) is 16.8 Å². The summed E-state index contributed by atoms with van der Waals surface area (Å²) in [6.45, 7) is 3.15. The molecule has 104 valence electrons. The predicted octanol–water partition coefficient (Wildman–Crippen LogP) is 3.18. The molecule has 0 spiro atoms. The van der Waals surface area contributed by atoms with Gasteiger partial charge in [-0.25, -0.2) is 0 Å². The summed E-state index contributed by atoms with van der Waals surface area (Å²) in [5, 5.41) is 22.6. The Labute approximate surface area is 114 Å². The van der Waals surface area contributed by atoms with Crippen molar-refractivity contribution in [2.75, 3.05) is 6.54 Å². The number of aromatic hydroxyl groups is 2. The number of phenols is 2. The van der Waals surface area contributed by atoms with Gasteiger partial charge in [0, 0.05) is 12.1 Å². The smallest absolute Gasteiger partial charge is 0.119 e. The third-order valence-electron chi connectivity index (χ3n) is 4.54. The van der Waals surface area contributed by atoms with E-state index in [2.05, 4.69) is 12.2 Å². The number of hydrogen-bond acceptors (Lipinski definition) is 3. The molecule has 0 saturated heterocycles. The average Bonchev–Trinajstić information content (AvgIpc) is 3.22. The van der Waals surface area contributed by atoms with Gasteiger partial charge in [-0.1, -0.05) is 0 Å². The van der Waals surface area contributed by atoms with E-state index in [0.717, 1.165) is 29.9 Å². The molecule has 0 aromatic heterocycles. The lowest BCUT2D eigenvalue weighted by molar-refractivity contribution is 0.361. The van der Waals surface area contributed by atoms with Gasteiger partial charge in [0.15, 0.2) is 0 Å². The van der Waals surface area contributed by atoms with Crippen molar-refractivity contribution in [3.05, 3.63) is 23.8 Å². The highest BCUT2D eigenvalue weighted by atomic mass is 16.3. The molecule has 3 N–H and O–H groups in total. The van der Waals surface area contributed by atoms with Gasteiger partial charge in [-0.15, -0.1) is 0 Å². The minimum Gasteiger partial charge on any atom is -0.508 e. The molecule has 0 bridgehead atoms. The maximum atomic E-state index is 9.53. The Kier molecular flexibility index (Phi) is 3.40. The van der Waals surface area contributed by atoms with E-state index < -0.39 is 0 Å². The van der Waals surface area contributed by atoms with Crippen LogP contribution >= 0.6 is 0 Å². The Bertz CT molecular complexity index is 420. The highest BCUT2D eigenvalue weighted by Gasteiger charge is 2.41. The van der Waals surface area contributed by atoms with Crippen molar-refractivity contribution in [1.29, 1.82) is 0 Å². The molecule has 2 fully saturated rings. The van der Waals surface area contributed by atoms with E-state index in [1.54, 1.807) is 12.1 Å².